The van der Waals surface area contributed by atoms with Crippen LogP contribution in [0.1, 0.15) is 19.8 Å². The molecule has 2 heterocycles. The maximum Gasteiger partial charge on any atom is 0.266 e. The molecule has 1 aliphatic rings. The van der Waals surface area contributed by atoms with Gasteiger partial charge in [-0.15, -0.1) is 0 Å². The summed E-state index contributed by atoms with van der Waals surface area (Å²) in [5.74, 6) is 0. The first kappa shape index (κ1) is 14.5. The van der Waals surface area contributed by atoms with E-state index in [1.54, 1.807) is 0 Å². The van der Waals surface area contributed by atoms with Gasteiger partial charge in [0.25, 0.3) is 5.56 Å². The normalized spacial score (nSPS) is 24.3. The van der Waals surface area contributed by atoms with Crippen LogP contribution in [0.25, 0.3) is 0 Å². The van der Waals surface area contributed by atoms with E-state index in [-0.39, 0.29) is 22.1 Å². The van der Waals surface area contributed by atoms with Crippen molar-refractivity contribution in [3.63, 3.8) is 0 Å². The number of aromatic nitrogens is 1. The van der Waals surface area contributed by atoms with Gasteiger partial charge in [0, 0.05) is 18.8 Å². The number of hydrogen-bond acceptors (Lipinski definition) is 4. The molecule has 2 unspecified atom stereocenters. The zero-order valence-electron chi connectivity index (χ0n) is 10.3. The van der Waals surface area contributed by atoms with Crippen molar-refractivity contribution in [2.75, 3.05) is 6.61 Å². The highest BCUT2D eigenvalue weighted by atomic mass is 35.5. The molecular weight excluding hydrogens is 292 g/mol. The van der Waals surface area contributed by atoms with Gasteiger partial charge in [0.1, 0.15) is 5.02 Å². The summed E-state index contributed by atoms with van der Waals surface area (Å²) in [7, 11) is -3.68. The highest BCUT2D eigenvalue weighted by molar-refractivity contribution is 7.89. The smallest absolute Gasteiger partial charge is 0.266 e. The van der Waals surface area contributed by atoms with Crippen LogP contribution in [0.4, 0.5) is 0 Å². The molecule has 0 saturated carbocycles. The number of ether oxygens (including phenoxy) is 1. The Morgan fingerprint density at radius 3 is 2.89 bits per heavy atom. The molecule has 1 fully saturated rings. The van der Waals surface area contributed by atoms with Crippen LogP contribution in [0.3, 0.4) is 0 Å². The van der Waals surface area contributed by atoms with Gasteiger partial charge >= 0.3 is 0 Å². The Morgan fingerprint density at radius 2 is 2.26 bits per heavy atom. The average Bonchev–Trinajstić information content (AvgIpc) is 2.32. The molecule has 2 atom stereocenters. The zero-order valence-corrected chi connectivity index (χ0v) is 11.9. The largest absolute Gasteiger partial charge is 0.378 e. The van der Waals surface area contributed by atoms with Crippen LogP contribution in [0.2, 0.25) is 5.02 Å². The van der Waals surface area contributed by atoms with Gasteiger partial charge < -0.3 is 9.72 Å². The van der Waals surface area contributed by atoms with Crippen molar-refractivity contribution < 1.29 is 13.2 Å². The van der Waals surface area contributed by atoms with Crippen LogP contribution in [-0.4, -0.2) is 32.2 Å². The summed E-state index contributed by atoms with van der Waals surface area (Å²) < 4.78 is 32.2. The second-order valence-electron chi connectivity index (χ2n) is 4.54. The molecule has 1 aliphatic heterocycles. The molecule has 6 nitrogen and oxygen atoms in total. The minimum Gasteiger partial charge on any atom is -0.378 e. The third-order valence-electron chi connectivity index (χ3n) is 2.95. The Hall–Kier alpha value is -0.890. The second-order valence-corrected chi connectivity index (χ2v) is 6.66. The topological polar surface area (TPSA) is 88.3 Å². The summed E-state index contributed by atoms with van der Waals surface area (Å²) in [5.41, 5.74) is -0.514. The molecule has 1 saturated heterocycles. The highest BCUT2D eigenvalue weighted by Gasteiger charge is 2.25. The van der Waals surface area contributed by atoms with Gasteiger partial charge in [-0.05, 0) is 25.8 Å². The summed E-state index contributed by atoms with van der Waals surface area (Å²) in [6, 6.07) is 0.977. The van der Waals surface area contributed by atoms with Crippen molar-refractivity contribution in [1.82, 2.24) is 9.71 Å². The molecule has 8 heteroatoms. The number of halogens is 1. The quantitative estimate of drug-likeness (QED) is 0.867. The highest BCUT2D eigenvalue weighted by Crippen LogP contribution is 2.17. The molecule has 0 aliphatic carbocycles. The van der Waals surface area contributed by atoms with E-state index in [0.29, 0.717) is 19.4 Å². The van der Waals surface area contributed by atoms with Gasteiger partial charge in [0.2, 0.25) is 10.0 Å². The molecule has 1 aromatic heterocycles. The summed E-state index contributed by atoms with van der Waals surface area (Å²) >= 11 is 5.63. The van der Waals surface area contributed by atoms with E-state index < -0.39 is 15.6 Å². The van der Waals surface area contributed by atoms with Crippen LogP contribution in [0.15, 0.2) is 22.0 Å². The molecule has 0 spiro atoms. The number of rotatable bonds is 3. The van der Waals surface area contributed by atoms with E-state index >= 15 is 0 Å². The summed E-state index contributed by atoms with van der Waals surface area (Å²) in [5, 5.41) is -0.150. The van der Waals surface area contributed by atoms with Gasteiger partial charge in [-0.3, -0.25) is 4.79 Å². The Kier molecular flexibility index (Phi) is 4.29. The lowest BCUT2D eigenvalue weighted by Crippen LogP contribution is -2.41. The van der Waals surface area contributed by atoms with E-state index in [0.717, 1.165) is 12.3 Å². The maximum atomic E-state index is 12.1. The van der Waals surface area contributed by atoms with Crippen molar-refractivity contribution in [2.45, 2.75) is 36.8 Å². The van der Waals surface area contributed by atoms with E-state index in [2.05, 4.69) is 9.71 Å². The van der Waals surface area contributed by atoms with E-state index in [9.17, 15) is 13.2 Å². The fourth-order valence-electron chi connectivity index (χ4n) is 1.99. The van der Waals surface area contributed by atoms with E-state index in [1.807, 2.05) is 6.92 Å². The molecule has 1 aromatic rings. The zero-order chi connectivity index (χ0) is 14.0. The second kappa shape index (κ2) is 5.62. The van der Waals surface area contributed by atoms with Gasteiger partial charge in [-0.25, -0.2) is 13.1 Å². The monoisotopic (exact) mass is 306 g/mol. The molecule has 19 heavy (non-hydrogen) atoms. The minimum absolute atomic E-state index is 0.0284. The number of aromatic amines is 1. The number of nitrogens with one attached hydrogen (secondary N) is 2. The van der Waals surface area contributed by atoms with Crippen LogP contribution in [0, 0.1) is 0 Å². The number of pyridine rings is 1. The fourth-order valence-corrected chi connectivity index (χ4v) is 3.50. The first-order valence-corrected chi connectivity index (χ1v) is 7.77. The van der Waals surface area contributed by atoms with Crippen LogP contribution < -0.4 is 10.3 Å². The third kappa shape index (κ3) is 3.56. The average molecular weight is 307 g/mol. The third-order valence-corrected chi connectivity index (χ3v) is 4.73. The van der Waals surface area contributed by atoms with Crippen molar-refractivity contribution >= 4 is 21.6 Å². The van der Waals surface area contributed by atoms with Gasteiger partial charge in [0.05, 0.1) is 11.0 Å². The van der Waals surface area contributed by atoms with Crippen molar-refractivity contribution in [2.24, 2.45) is 0 Å². The summed E-state index contributed by atoms with van der Waals surface area (Å²) in [4.78, 5) is 13.4. The summed E-state index contributed by atoms with van der Waals surface area (Å²) in [6.07, 6.45) is 2.41. The maximum absolute atomic E-state index is 12.1. The SMILES string of the molecule is CC1CC(NS(=O)(=O)c2c[nH]c(=O)c(Cl)c2)CCO1. The van der Waals surface area contributed by atoms with E-state index in [4.69, 9.17) is 16.3 Å². The van der Waals surface area contributed by atoms with Gasteiger partial charge in [0.15, 0.2) is 0 Å². The van der Waals surface area contributed by atoms with Crippen molar-refractivity contribution in [1.29, 1.82) is 0 Å². The molecule has 2 rings (SSSR count). The predicted octanol–water partition coefficient (Wildman–Crippen LogP) is 0.874. The molecule has 0 amide bonds. The molecule has 0 radical (unpaired) electrons. The standard InChI is InChI=1S/C11H15ClN2O4S/c1-7-4-8(2-3-18-7)14-19(16,17)9-5-10(12)11(15)13-6-9/h5-8,14H,2-4H2,1H3,(H,13,15). The predicted molar refractivity (Wildman–Crippen MR) is 70.8 cm³/mol. The minimum atomic E-state index is -3.68. The fraction of sp³-hybridized carbons (Fsp3) is 0.545. The summed E-state index contributed by atoms with van der Waals surface area (Å²) in [6.45, 7) is 2.43. The lowest BCUT2D eigenvalue weighted by Gasteiger charge is -2.27. The Bertz CT molecular complexity index is 613. The Morgan fingerprint density at radius 1 is 1.53 bits per heavy atom. The van der Waals surface area contributed by atoms with Gasteiger partial charge in [-0.1, -0.05) is 11.6 Å². The molecule has 0 aromatic carbocycles. The van der Waals surface area contributed by atoms with E-state index in [1.165, 1.54) is 0 Å². The Labute approximate surface area is 116 Å². The van der Waals surface area contributed by atoms with Crippen LogP contribution in [0.5, 0.6) is 0 Å². The first-order chi connectivity index (χ1) is 8.88. The molecule has 0 bridgehead atoms. The lowest BCUT2D eigenvalue weighted by molar-refractivity contribution is 0.0173. The van der Waals surface area contributed by atoms with Crippen molar-refractivity contribution in [3.8, 4) is 0 Å². The van der Waals surface area contributed by atoms with Crippen molar-refractivity contribution in [3.05, 3.63) is 27.6 Å². The number of sulfonamides is 1. The molecule has 106 valence electrons. The van der Waals surface area contributed by atoms with Crippen LogP contribution >= 0.6 is 11.6 Å². The Balaban J connectivity index is 2.17. The van der Waals surface area contributed by atoms with Gasteiger partial charge in [-0.2, -0.15) is 0 Å². The number of H-pyrrole nitrogens is 1. The first-order valence-electron chi connectivity index (χ1n) is 5.90. The van der Waals surface area contributed by atoms with Crippen LogP contribution in [-0.2, 0) is 14.8 Å². The lowest BCUT2D eigenvalue weighted by atomic mass is 10.1. The molecule has 2 N–H and O–H groups in total. The number of hydrogen-bond donors (Lipinski definition) is 2. The molecular formula is C11H15ClN2O4S.